The van der Waals surface area contributed by atoms with Crippen molar-refractivity contribution in [3.05, 3.63) is 59.7 Å². The molecule has 7 nitrogen and oxygen atoms in total. The van der Waals surface area contributed by atoms with Crippen molar-refractivity contribution in [2.24, 2.45) is 0 Å². The van der Waals surface area contributed by atoms with E-state index in [4.69, 9.17) is 9.84 Å². The van der Waals surface area contributed by atoms with Gasteiger partial charge in [-0.25, -0.2) is 0 Å². The molecule has 0 aliphatic carbocycles. The Hall–Kier alpha value is -2.48. The van der Waals surface area contributed by atoms with Gasteiger partial charge in [0.2, 0.25) is 0 Å². The standard InChI is InChI=1S/C20H22N2O5SSe/c1-13(19(25)22-12-17(23)24)28-29-18-15(9-6-10-16(18)27-2)20(26)21-11-14-7-4-3-5-8-14/h3-10,13H,11-12H2,1-2H3,(H,21,26)(H,22,25)(H,23,24). The van der Waals surface area contributed by atoms with Gasteiger partial charge in [0, 0.05) is 0 Å². The van der Waals surface area contributed by atoms with Gasteiger partial charge in [-0.3, -0.25) is 0 Å². The van der Waals surface area contributed by atoms with E-state index in [9.17, 15) is 14.4 Å². The molecule has 0 fully saturated rings. The van der Waals surface area contributed by atoms with E-state index in [-0.39, 0.29) is 25.7 Å². The number of benzene rings is 2. The molecule has 154 valence electrons. The Bertz CT molecular complexity index is 863. The number of carboxylic acids is 1. The van der Waals surface area contributed by atoms with E-state index < -0.39 is 17.8 Å². The van der Waals surface area contributed by atoms with Crippen LogP contribution < -0.4 is 19.8 Å². The molecule has 0 radical (unpaired) electrons. The molecule has 0 aliphatic rings. The molecule has 3 N–H and O–H groups in total. The van der Waals surface area contributed by atoms with Crippen LogP contribution in [0.1, 0.15) is 22.8 Å². The van der Waals surface area contributed by atoms with Crippen LogP contribution in [0.3, 0.4) is 0 Å². The number of methoxy groups -OCH3 is 1. The van der Waals surface area contributed by atoms with Crippen molar-refractivity contribution < 1.29 is 24.2 Å². The van der Waals surface area contributed by atoms with E-state index >= 15 is 0 Å². The molecular weight excluding hydrogens is 459 g/mol. The first-order valence-corrected chi connectivity index (χ1v) is 12.5. The summed E-state index contributed by atoms with van der Waals surface area (Å²) in [6.07, 6.45) is 0. The molecule has 2 aromatic rings. The van der Waals surface area contributed by atoms with Crippen molar-refractivity contribution in [2.45, 2.75) is 18.7 Å². The number of carbonyl (C=O) groups is 3. The third-order valence-electron chi connectivity index (χ3n) is 3.80. The first-order valence-electron chi connectivity index (χ1n) is 8.74. The van der Waals surface area contributed by atoms with Gasteiger partial charge in [0.1, 0.15) is 0 Å². The molecule has 0 saturated heterocycles. The fraction of sp³-hybridized carbons (Fsp3) is 0.250. The van der Waals surface area contributed by atoms with E-state index in [0.717, 1.165) is 10.0 Å². The van der Waals surface area contributed by atoms with E-state index in [1.54, 1.807) is 25.1 Å². The molecule has 0 aromatic heterocycles. The molecular formula is C20H22N2O5SSe. The third-order valence-corrected chi connectivity index (χ3v) is 8.92. The number of carbonyl (C=O) groups excluding carboxylic acids is 2. The van der Waals surface area contributed by atoms with Crippen molar-refractivity contribution in [3.8, 4) is 5.75 Å². The fourth-order valence-electron chi connectivity index (χ4n) is 2.29. The number of nitrogens with one attached hydrogen (secondary N) is 2. The number of hydrogen-bond acceptors (Lipinski definition) is 5. The third kappa shape index (κ3) is 7.12. The Balaban J connectivity index is 2.07. The van der Waals surface area contributed by atoms with Crippen LogP contribution in [0.15, 0.2) is 48.5 Å². The van der Waals surface area contributed by atoms with Crippen LogP contribution in [0, 0.1) is 0 Å². The van der Waals surface area contributed by atoms with Gasteiger partial charge in [-0.15, -0.1) is 0 Å². The minimum absolute atomic E-state index is 0.215. The SMILES string of the molecule is COc1cccc(C(=O)NCc2ccccc2)c1[Se]SC(C)C(=O)NCC(=O)O. The topological polar surface area (TPSA) is 105 Å². The molecule has 9 heteroatoms. The van der Waals surface area contributed by atoms with Crippen LogP contribution in [0.4, 0.5) is 0 Å². The molecule has 2 amide bonds. The predicted molar refractivity (Wildman–Crippen MR) is 114 cm³/mol. The maximum absolute atomic E-state index is 12.8. The molecule has 29 heavy (non-hydrogen) atoms. The number of hydrogen-bond donors (Lipinski definition) is 3. The monoisotopic (exact) mass is 482 g/mol. The van der Waals surface area contributed by atoms with Gasteiger partial charge in [-0.1, -0.05) is 0 Å². The second-order valence-electron chi connectivity index (χ2n) is 5.94. The van der Waals surface area contributed by atoms with Crippen molar-refractivity contribution in [1.29, 1.82) is 0 Å². The van der Waals surface area contributed by atoms with Crippen molar-refractivity contribution in [2.75, 3.05) is 13.7 Å². The summed E-state index contributed by atoms with van der Waals surface area (Å²) in [5.41, 5.74) is 1.50. The summed E-state index contributed by atoms with van der Waals surface area (Å²) in [5, 5.41) is 13.5. The van der Waals surface area contributed by atoms with Gasteiger partial charge in [0.15, 0.2) is 0 Å². The summed E-state index contributed by atoms with van der Waals surface area (Å²) in [5.74, 6) is -1.08. The van der Waals surface area contributed by atoms with E-state index in [2.05, 4.69) is 10.6 Å². The van der Waals surface area contributed by atoms with Crippen LogP contribution in [-0.2, 0) is 16.1 Å². The summed E-state index contributed by atoms with van der Waals surface area (Å²) in [6, 6.07) is 14.9. The molecule has 0 aliphatic heterocycles. The van der Waals surface area contributed by atoms with Gasteiger partial charge >= 0.3 is 179 Å². The zero-order valence-corrected chi connectivity index (χ0v) is 18.5. The number of aliphatic carboxylic acids is 1. The average molecular weight is 481 g/mol. The number of carboxylic acid groups (broad SMARTS) is 1. The Labute approximate surface area is 178 Å². The molecule has 2 aromatic carbocycles. The van der Waals surface area contributed by atoms with Gasteiger partial charge in [-0.05, 0) is 0 Å². The van der Waals surface area contributed by atoms with Crippen LogP contribution >= 0.6 is 10.2 Å². The summed E-state index contributed by atoms with van der Waals surface area (Å²) in [7, 11) is 2.90. The van der Waals surface area contributed by atoms with Crippen LogP contribution in [0.25, 0.3) is 0 Å². The zero-order valence-electron chi connectivity index (χ0n) is 16.0. The van der Waals surface area contributed by atoms with Gasteiger partial charge in [-0.2, -0.15) is 0 Å². The molecule has 0 spiro atoms. The second-order valence-corrected chi connectivity index (χ2v) is 10.1. The normalized spacial score (nSPS) is 11.4. The maximum atomic E-state index is 12.8. The van der Waals surface area contributed by atoms with Crippen molar-refractivity contribution >= 4 is 46.3 Å². The molecule has 0 heterocycles. The molecule has 1 unspecified atom stereocenters. The quantitative estimate of drug-likeness (QED) is 0.441. The van der Waals surface area contributed by atoms with Gasteiger partial charge < -0.3 is 0 Å². The zero-order chi connectivity index (χ0) is 21.2. The van der Waals surface area contributed by atoms with Crippen LogP contribution in [0.5, 0.6) is 5.75 Å². The molecule has 0 bridgehead atoms. The van der Waals surface area contributed by atoms with E-state index in [1.807, 2.05) is 30.3 Å². The Morgan fingerprint density at radius 1 is 1.10 bits per heavy atom. The molecule has 2 rings (SSSR count). The Morgan fingerprint density at radius 2 is 1.83 bits per heavy atom. The summed E-state index contributed by atoms with van der Waals surface area (Å²) >= 11 is -0.300. The first-order chi connectivity index (χ1) is 13.9. The fourth-order valence-corrected chi connectivity index (χ4v) is 6.67. The first kappa shape index (κ1) is 22.8. The number of rotatable bonds is 10. The van der Waals surface area contributed by atoms with Gasteiger partial charge in [0.05, 0.1) is 0 Å². The van der Waals surface area contributed by atoms with Crippen LogP contribution in [0.2, 0.25) is 0 Å². The van der Waals surface area contributed by atoms with Crippen molar-refractivity contribution in [3.63, 3.8) is 0 Å². The average Bonchev–Trinajstić information content (AvgIpc) is 2.74. The second kappa shape index (κ2) is 11.5. The number of ether oxygens (including phenoxy) is 1. The van der Waals surface area contributed by atoms with Crippen molar-refractivity contribution in [1.82, 2.24) is 10.6 Å². The van der Waals surface area contributed by atoms with Gasteiger partial charge in [0.25, 0.3) is 0 Å². The molecule has 0 saturated carbocycles. The van der Waals surface area contributed by atoms with E-state index in [0.29, 0.717) is 17.9 Å². The Morgan fingerprint density at radius 3 is 2.48 bits per heavy atom. The predicted octanol–water partition coefficient (Wildman–Crippen LogP) is 1.19. The Kier molecular flexibility index (Phi) is 9.05. The minimum atomic E-state index is -1.09. The van der Waals surface area contributed by atoms with Crippen LogP contribution in [-0.4, -0.2) is 55.6 Å². The summed E-state index contributed by atoms with van der Waals surface area (Å²) in [6.45, 7) is 1.69. The summed E-state index contributed by atoms with van der Waals surface area (Å²) in [4.78, 5) is 35.4. The number of amides is 2. The summed E-state index contributed by atoms with van der Waals surface area (Å²) < 4.78 is 6.16. The molecule has 1 atom stereocenters. The van der Waals surface area contributed by atoms with E-state index in [1.165, 1.54) is 17.3 Å².